The Morgan fingerprint density at radius 1 is 1.55 bits per heavy atom. The van der Waals surface area contributed by atoms with Crippen LogP contribution in [0.5, 0.6) is 0 Å². The molecule has 1 nitrogen and oxygen atoms in total. The number of allylic oxidation sites excluding steroid dienone is 2. The van der Waals surface area contributed by atoms with Crippen LogP contribution in [-0.4, -0.2) is 12.0 Å². The number of fused-ring (bicyclic) bond motifs is 1. The molecule has 2 rings (SSSR count). The Bertz CT molecular complexity index is 240. The lowest BCUT2D eigenvalue weighted by Gasteiger charge is -2.15. The van der Waals surface area contributed by atoms with Crippen molar-refractivity contribution >= 4 is 14.3 Å². The van der Waals surface area contributed by atoms with E-state index in [2.05, 4.69) is 18.8 Å². The van der Waals surface area contributed by atoms with Gasteiger partial charge < -0.3 is 0 Å². The van der Waals surface area contributed by atoms with E-state index in [1.165, 1.54) is 18.6 Å². The van der Waals surface area contributed by atoms with E-state index in [-0.39, 0.29) is 0 Å². The summed E-state index contributed by atoms with van der Waals surface area (Å²) in [5.74, 6) is 0.793. The molecule has 2 heteroatoms. The molecule has 0 spiro atoms. The molecule has 2 unspecified atom stereocenters. The molecule has 0 aromatic carbocycles. The van der Waals surface area contributed by atoms with Gasteiger partial charge in [-0.05, 0) is 36.6 Å². The average molecular weight is 167 g/mol. The Kier molecular flexibility index (Phi) is 1.85. The van der Waals surface area contributed by atoms with Crippen molar-refractivity contribution in [2.45, 2.75) is 26.7 Å². The Balaban J connectivity index is 2.40. The van der Waals surface area contributed by atoms with E-state index in [1.54, 1.807) is 10.9 Å². The lowest BCUT2D eigenvalue weighted by molar-refractivity contribution is 0.696. The Hall–Kier alpha value is -0.160. The SMILES string of the molecule is CC1=C2C(=NCP1)CCC2C. The highest BCUT2D eigenvalue weighted by Crippen LogP contribution is 2.40. The molecule has 2 atom stereocenters. The molecule has 11 heavy (non-hydrogen) atoms. The van der Waals surface area contributed by atoms with E-state index in [0.717, 1.165) is 20.8 Å². The molecule has 0 bridgehead atoms. The summed E-state index contributed by atoms with van der Waals surface area (Å²) in [6.07, 6.45) is 3.63. The molecule has 1 saturated carbocycles. The number of aliphatic imine (C=N–C) groups is 1. The van der Waals surface area contributed by atoms with Gasteiger partial charge in [0.2, 0.25) is 0 Å². The molecule has 0 aromatic rings. The van der Waals surface area contributed by atoms with Crippen LogP contribution in [0, 0.1) is 5.92 Å². The molecule has 60 valence electrons. The smallest absolute Gasteiger partial charge is 0.0598 e. The summed E-state index contributed by atoms with van der Waals surface area (Å²) in [5, 5.41) is 1.63. The first-order valence-electron chi connectivity index (χ1n) is 4.27. The van der Waals surface area contributed by atoms with Crippen molar-refractivity contribution in [1.82, 2.24) is 0 Å². The molecule has 1 aliphatic heterocycles. The first-order chi connectivity index (χ1) is 5.29. The second-order valence-electron chi connectivity index (χ2n) is 3.42. The van der Waals surface area contributed by atoms with Gasteiger partial charge in [0.1, 0.15) is 0 Å². The third-order valence-electron chi connectivity index (χ3n) is 2.64. The van der Waals surface area contributed by atoms with Crippen LogP contribution in [0.25, 0.3) is 0 Å². The second-order valence-corrected chi connectivity index (χ2v) is 4.84. The van der Waals surface area contributed by atoms with Crippen molar-refractivity contribution in [3.05, 3.63) is 10.9 Å². The van der Waals surface area contributed by atoms with Crippen LogP contribution in [-0.2, 0) is 0 Å². The molecule has 0 aromatic heterocycles. The molecule has 1 fully saturated rings. The summed E-state index contributed by atoms with van der Waals surface area (Å²) in [7, 11) is 0.967. The largest absolute Gasteiger partial charge is 0.285 e. The van der Waals surface area contributed by atoms with Crippen molar-refractivity contribution in [2.24, 2.45) is 10.9 Å². The monoisotopic (exact) mass is 167 g/mol. The number of nitrogens with zero attached hydrogens (tertiary/aromatic N) is 1. The van der Waals surface area contributed by atoms with E-state index in [0.29, 0.717) is 0 Å². The average Bonchev–Trinajstić information content (AvgIpc) is 2.34. The van der Waals surface area contributed by atoms with Gasteiger partial charge in [0, 0.05) is 5.71 Å². The van der Waals surface area contributed by atoms with Crippen LogP contribution in [0.1, 0.15) is 26.7 Å². The summed E-state index contributed by atoms with van der Waals surface area (Å²) >= 11 is 0. The maximum Gasteiger partial charge on any atom is 0.0598 e. The topological polar surface area (TPSA) is 12.4 Å². The number of hydrogen-bond acceptors (Lipinski definition) is 1. The molecule has 0 saturated heterocycles. The molecule has 0 N–H and O–H groups in total. The summed E-state index contributed by atoms with van der Waals surface area (Å²) in [4.78, 5) is 4.56. The highest BCUT2D eigenvalue weighted by molar-refractivity contribution is 7.43. The maximum absolute atomic E-state index is 4.56. The quantitative estimate of drug-likeness (QED) is 0.492. The maximum atomic E-state index is 4.56. The second kappa shape index (κ2) is 2.71. The zero-order valence-corrected chi connectivity index (χ0v) is 8.15. The van der Waals surface area contributed by atoms with Crippen LogP contribution in [0.4, 0.5) is 0 Å². The van der Waals surface area contributed by atoms with E-state index >= 15 is 0 Å². The minimum absolute atomic E-state index is 0.793. The van der Waals surface area contributed by atoms with Gasteiger partial charge in [-0.2, -0.15) is 0 Å². The van der Waals surface area contributed by atoms with Crippen molar-refractivity contribution in [1.29, 1.82) is 0 Å². The lowest BCUT2D eigenvalue weighted by Crippen LogP contribution is -2.04. The third-order valence-corrected chi connectivity index (χ3v) is 3.75. The Morgan fingerprint density at radius 3 is 3.09 bits per heavy atom. The highest BCUT2D eigenvalue weighted by atomic mass is 31.1. The summed E-state index contributed by atoms with van der Waals surface area (Å²) < 4.78 is 0. The molecular weight excluding hydrogens is 153 g/mol. The highest BCUT2D eigenvalue weighted by Gasteiger charge is 2.26. The minimum Gasteiger partial charge on any atom is -0.285 e. The van der Waals surface area contributed by atoms with Gasteiger partial charge in [-0.1, -0.05) is 15.5 Å². The molecule has 2 aliphatic rings. The molecular formula is C9H14NP. The summed E-state index contributed by atoms with van der Waals surface area (Å²) in [6.45, 7) is 4.61. The van der Waals surface area contributed by atoms with Crippen molar-refractivity contribution in [2.75, 3.05) is 6.29 Å². The van der Waals surface area contributed by atoms with Crippen LogP contribution in [0.2, 0.25) is 0 Å². The van der Waals surface area contributed by atoms with E-state index in [1.807, 2.05) is 0 Å². The molecule has 0 amide bonds. The Morgan fingerprint density at radius 2 is 2.36 bits per heavy atom. The molecule has 0 radical (unpaired) electrons. The summed E-state index contributed by atoms with van der Waals surface area (Å²) in [5.41, 5.74) is 3.03. The van der Waals surface area contributed by atoms with Gasteiger partial charge in [0.05, 0.1) is 6.29 Å². The number of hydrogen-bond donors (Lipinski definition) is 0. The molecule has 1 heterocycles. The van der Waals surface area contributed by atoms with Crippen molar-refractivity contribution in [3.8, 4) is 0 Å². The van der Waals surface area contributed by atoms with Crippen LogP contribution >= 0.6 is 8.58 Å². The first kappa shape index (κ1) is 7.49. The third kappa shape index (κ3) is 1.16. The van der Waals surface area contributed by atoms with Gasteiger partial charge in [0.25, 0.3) is 0 Å². The van der Waals surface area contributed by atoms with Gasteiger partial charge in [0.15, 0.2) is 0 Å². The van der Waals surface area contributed by atoms with Gasteiger partial charge in [-0.15, -0.1) is 0 Å². The number of rotatable bonds is 0. The van der Waals surface area contributed by atoms with Gasteiger partial charge in [-0.25, -0.2) is 0 Å². The van der Waals surface area contributed by atoms with Gasteiger partial charge in [-0.3, -0.25) is 4.99 Å². The lowest BCUT2D eigenvalue weighted by atomic mass is 10.0. The normalized spacial score (nSPS) is 32.5. The first-order valence-corrected chi connectivity index (χ1v) is 5.48. The standard InChI is InChI=1S/C9H14NP/c1-6-3-4-8-9(6)7(2)11-5-10-8/h6,11H,3-5H2,1-2H3. The predicted octanol–water partition coefficient (Wildman–Crippen LogP) is 2.78. The van der Waals surface area contributed by atoms with Crippen LogP contribution < -0.4 is 0 Å². The Labute approximate surface area is 69.8 Å². The fraction of sp³-hybridized carbons (Fsp3) is 0.667. The fourth-order valence-corrected chi connectivity index (χ4v) is 3.10. The van der Waals surface area contributed by atoms with Gasteiger partial charge >= 0.3 is 0 Å². The zero-order chi connectivity index (χ0) is 7.84. The van der Waals surface area contributed by atoms with Crippen LogP contribution in [0.15, 0.2) is 15.9 Å². The van der Waals surface area contributed by atoms with E-state index < -0.39 is 0 Å². The van der Waals surface area contributed by atoms with E-state index in [4.69, 9.17) is 0 Å². The molecule has 1 aliphatic carbocycles. The van der Waals surface area contributed by atoms with E-state index in [9.17, 15) is 0 Å². The zero-order valence-electron chi connectivity index (χ0n) is 7.15. The van der Waals surface area contributed by atoms with Crippen molar-refractivity contribution < 1.29 is 0 Å². The summed E-state index contributed by atoms with van der Waals surface area (Å²) in [6, 6.07) is 0. The minimum atomic E-state index is 0.793. The van der Waals surface area contributed by atoms with Crippen LogP contribution in [0.3, 0.4) is 0 Å². The van der Waals surface area contributed by atoms with Crippen molar-refractivity contribution in [3.63, 3.8) is 0 Å². The fourth-order valence-electron chi connectivity index (χ4n) is 2.02. The predicted molar refractivity (Wildman–Crippen MR) is 51.7 cm³/mol.